The molecule has 1 aliphatic rings. The molecule has 0 atom stereocenters. The summed E-state index contributed by atoms with van der Waals surface area (Å²) in [5, 5.41) is 13.4. The highest BCUT2D eigenvalue weighted by atomic mass is 32.1. The zero-order valence-electron chi connectivity index (χ0n) is 18.4. The van der Waals surface area contributed by atoms with Crippen LogP contribution in [0.4, 0.5) is 5.82 Å². The van der Waals surface area contributed by atoms with Gasteiger partial charge in [-0.3, -0.25) is 9.36 Å². The van der Waals surface area contributed by atoms with Gasteiger partial charge in [-0.25, -0.2) is 15.0 Å². The van der Waals surface area contributed by atoms with Crippen LogP contribution in [0.15, 0.2) is 70.7 Å². The van der Waals surface area contributed by atoms with Crippen LogP contribution in [0.5, 0.6) is 5.88 Å². The minimum atomic E-state index is -0.231. The van der Waals surface area contributed by atoms with E-state index in [1.54, 1.807) is 29.9 Å². The summed E-state index contributed by atoms with van der Waals surface area (Å²) in [4.78, 5) is 29.2. The molecular formula is C27H22N4O2S. The Balaban J connectivity index is 1.52. The molecule has 34 heavy (non-hydrogen) atoms. The highest BCUT2D eigenvalue weighted by Crippen LogP contribution is 2.39. The van der Waals surface area contributed by atoms with Crippen molar-refractivity contribution in [2.75, 3.05) is 0 Å². The second-order valence-electron chi connectivity index (χ2n) is 8.51. The Bertz CT molecular complexity index is 1620. The van der Waals surface area contributed by atoms with Crippen molar-refractivity contribution in [2.45, 2.75) is 32.2 Å². The molecule has 168 valence electrons. The van der Waals surface area contributed by atoms with E-state index in [-0.39, 0.29) is 18.0 Å². The van der Waals surface area contributed by atoms with Crippen molar-refractivity contribution in [1.82, 2.24) is 14.5 Å². The topological polar surface area (TPSA) is 80.4 Å². The number of aryl methyl sites for hydroxylation is 2. The normalized spacial score (nSPS) is 13.6. The lowest BCUT2D eigenvalue weighted by atomic mass is 9.97. The third-order valence-electron chi connectivity index (χ3n) is 6.42. The molecule has 6 rings (SSSR count). The van der Waals surface area contributed by atoms with Gasteiger partial charge in [-0.05, 0) is 42.9 Å². The number of aliphatic imine (C=N–C) groups is 1. The fourth-order valence-corrected chi connectivity index (χ4v) is 5.97. The third-order valence-corrected chi connectivity index (χ3v) is 7.62. The number of aromatic hydroxyl groups is 1. The molecule has 6 nitrogen and oxygen atoms in total. The van der Waals surface area contributed by atoms with Crippen LogP contribution in [0, 0.1) is 0 Å². The van der Waals surface area contributed by atoms with E-state index < -0.39 is 0 Å². The highest BCUT2D eigenvalue weighted by molar-refractivity contribution is 7.19. The molecule has 0 aliphatic heterocycles. The van der Waals surface area contributed by atoms with Crippen molar-refractivity contribution in [3.63, 3.8) is 0 Å². The van der Waals surface area contributed by atoms with E-state index in [2.05, 4.69) is 9.97 Å². The van der Waals surface area contributed by atoms with Crippen molar-refractivity contribution in [3.05, 3.63) is 92.8 Å². The number of aromatic nitrogens is 3. The minimum absolute atomic E-state index is 0.103. The number of hydrogen-bond donors (Lipinski definition) is 1. The maximum absolute atomic E-state index is 13.2. The first-order valence-corrected chi connectivity index (χ1v) is 12.2. The Labute approximate surface area is 199 Å². The molecule has 7 heteroatoms. The fourth-order valence-electron chi connectivity index (χ4n) is 4.75. The van der Waals surface area contributed by atoms with Crippen LogP contribution < -0.4 is 5.56 Å². The summed E-state index contributed by atoms with van der Waals surface area (Å²) in [6.07, 6.45) is 7.64. The maximum Gasteiger partial charge on any atom is 0.261 e. The monoisotopic (exact) mass is 466 g/mol. The summed E-state index contributed by atoms with van der Waals surface area (Å²) >= 11 is 1.73. The molecule has 5 aromatic rings. The van der Waals surface area contributed by atoms with Gasteiger partial charge >= 0.3 is 0 Å². The van der Waals surface area contributed by atoms with Gasteiger partial charge in [0.1, 0.15) is 11.2 Å². The summed E-state index contributed by atoms with van der Waals surface area (Å²) in [7, 11) is 0. The Hall–Kier alpha value is -3.84. The first kappa shape index (κ1) is 20.7. The van der Waals surface area contributed by atoms with Crippen molar-refractivity contribution >= 4 is 44.4 Å². The molecule has 2 aromatic carbocycles. The zero-order chi connectivity index (χ0) is 23.1. The molecule has 0 amide bonds. The fraction of sp³-hybridized carbons (Fsp3) is 0.185. The minimum Gasteiger partial charge on any atom is -0.494 e. The van der Waals surface area contributed by atoms with Crippen LogP contribution in [-0.2, 0) is 19.4 Å². The lowest BCUT2D eigenvalue weighted by molar-refractivity contribution is 0.416. The molecule has 1 aliphatic carbocycles. The van der Waals surface area contributed by atoms with E-state index >= 15 is 0 Å². The first-order valence-electron chi connectivity index (χ1n) is 11.4. The summed E-state index contributed by atoms with van der Waals surface area (Å²) in [6, 6.07) is 17.0. The predicted octanol–water partition coefficient (Wildman–Crippen LogP) is 5.39. The van der Waals surface area contributed by atoms with Gasteiger partial charge in [-0.15, -0.1) is 11.3 Å². The van der Waals surface area contributed by atoms with E-state index in [0.29, 0.717) is 22.2 Å². The van der Waals surface area contributed by atoms with Gasteiger partial charge in [0, 0.05) is 21.9 Å². The molecule has 0 fully saturated rings. The number of rotatable bonds is 4. The zero-order valence-corrected chi connectivity index (χ0v) is 19.3. The molecule has 0 unspecified atom stereocenters. The van der Waals surface area contributed by atoms with Crippen molar-refractivity contribution in [1.29, 1.82) is 0 Å². The van der Waals surface area contributed by atoms with Gasteiger partial charge in [0.15, 0.2) is 5.82 Å². The van der Waals surface area contributed by atoms with Crippen LogP contribution in [0.25, 0.3) is 21.0 Å². The van der Waals surface area contributed by atoms with Gasteiger partial charge in [0.25, 0.3) is 5.56 Å². The van der Waals surface area contributed by atoms with Crippen LogP contribution in [0.2, 0.25) is 0 Å². The van der Waals surface area contributed by atoms with E-state index in [0.717, 1.165) is 35.0 Å². The van der Waals surface area contributed by atoms with Crippen LogP contribution in [0.1, 0.15) is 34.4 Å². The molecule has 3 aromatic heterocycles. The quantitative estimate of drug-likeness (QED) is 0.360. The van der Waals surface area contributed by atoms with Gasteiger partial charge < -0.3 is 5.11 Å². The number of pyridine rings is 1. The lowest BCUT2D eigenvalue weighted by Crippen LogP contribution is -2.22. The van der Waals surface area contributed by atoms with E-state index in [9.17, 15) is 9.90 Å². The van der Waals surface area contributed by atoms with E-state index in [1.165, 1.54) is 21.4 Å². The van der Waals surface area contributed by atoms with Crippen molar-refractivity contribution < 1.29 is 5.11 Å². The average molecular weight is 467 g/mol. The van der Waals surface area contributed by atoms with E-state index in [4.69, 9.17) is 4.99 Å². The van der Waals surface area contributed by atoms with Gasteiger partial charge in [-0.2, -0.15) is 0 Å². The van der Waals surface area contributed by atoms with Gasteiger partial charge in [0.05, 0.1) is 17.5 Å². The number of thiophene rings is 1. The largest absolute Gasteiger partial charge is 0.494 e. The molecule has 0 saturated heterocycles. The second kappa shape index (κ2) is 8.50. The van der Waals surface area contributed by atoms with Crippen molar-refractivity contribution in [3.8, 4) is 5.88 Å². The summed E-state index contributed by atoms with van der Waals surface area (Å²) in [5.74, 6) is 0.502. The van der Waals surface area contributed by atoms with Crippen LogP contribution >= 0.6 is 11.3 Å². The van der Waals surface area contributed by atoms with Crippen LogP contribution in [-0.4, -0.2) is 25.9 Å². The molecule has 0 radical (unpaired) electrons. The number of hydrogen-bond acceptors (Lipinski definition) is 6. The molecule has 0 spiro atoms. The number of nitrogens with zero attached hydrogens (tertiary/aromatic N) is 4. The maximum atomic E-state index is 13.2. The Kier molecular flexibility index (Phi) is 5.19. The predicted molar refractivity (Wildman–Crippen MR) is 137 cm³/mol. The van der Waals surface area contributed by atoms with Crippen LogP contribution in [0.3, 0.4) is 0 Å². The van der Waals surface area contributed by atoms with Gasteiger partial charge in [-0.1, -0.05) is 48.5 Å². The number of benzene rings is 2. The first-order chi connectivity index (χ1) is 16.7. The second-order valence-corrected chi connectivity index (χ2v) is 9.59. The molecule has 1 N–H and O–H groups in total. The Morgan fingerprint density at radius 3 is 2.62 bits per heavy atom. The molecular weight excluding hydrogens is 444 g/mol. The SMILES string of the molecule is O=c1c2ccccc2c(C=Nc2ncnc3sc4c(c23)CCCC4)c(O)n1Cc1ccccc1. The molecule has 3 heterocycles. The Morgan fingerprint density at radius 1 is 1.00 bits per heavy atom. The summed E-state index contributed by atoms with van der Waals surface area (Å²) < 4.78 is 1.40. The smallest absolute Gasteiger partial charge is 0.261 e. The molecule has 0 saturated carbocycles. The standard InChI is InChI=1S/C27H22N4O2S/c32-26-19-11-5-4-10-18(19)21(27(33)31(26)15-17-8-2-1-3-9-17)14-28-24-23-20-12-6-7-13-22(20)34-25(23)30-16-29-24/h1-5,8-11,14,16,33H,6-7,12-13,15H2. The third kappa shape index (κ3) is 3.49. The Morgan fingerprint density at radius 2 is 1.76 bits per heavy atom. The average Bonchev–Trinajstić information content (AvgIpc) is 3.26. The summed E-state index contributed by atoms with van der Waals surface area (Å²) in [6.45, 7) is 0.271. The van der Waals surface area contributed by atoms with Gasteiger partial charge in [0.2, 0.25) is 5.88 Å². The van der Waals surface area contributed by atoms with Crippen molar-refractivity contribution in [2.24, 2.45) is 4.99 Å². The molecule has 0 bridgehead atoms. The lowest BCUT2D eigenvalue weighted by Gasteiger charge is -2.14. The highest BCUT2D eigenvalue weighted by Gasteiger charge is 2.20. The summed E-state index contributed by atoms with van der Waals surface area (Å²) in [5.41, 5.74) is 2.51. The number of fused-ring (bicyclic) bond motifs is 4. The van der Waals surface area contributed by atoms with E-state index in [1.807, 2.05) is 48.5 Å².